The maximum atomic E-state index is 12.8. The first kappa shape index (κ1) is 21.0. The number of ketones is 2. The van der Waals surface area contributed by atoms with E-state index in [1.54, 1.807) is 30.3 Å². The van der Waals surface area contributed by atoms with Gasteiger partial charge < -0.3 is 10.1 Å². The van der Waals surface area contributed by atoms with Gasteiger partial charge in [0.1, 0.15) is 0 Å². The first-order valence-electron chi connectivity index (χ1n) is 9.09. The molecule has 31 heavy (non-hydrogen) atoms. The molecule has 1 aliphatic rings. The van der Waals surface area contributed by atoms with Crippen LogP contribution in [0.4, 0.5) is 5.69 Å². The van der Waals surface area contributed by atoms with E-state index in [0.717, 1.165) is 0 Å². The molecule has 0 unspecified atom stereocenters. The van der Waals surface area contributed by atoms with E-state index >= 15 is 0 Å². The van der Waals surface area contributed by atoms with Crippen LogP contribution in [0.2, 0.25) is 5.02 Å². The van der Waals surface area contributed by atoms with Crippen LogP contribution in [-0.4, -0.2) is 30.0 Å². The molecule has 4 rings (SSSR count). The summed E-state index contributed by atoms with van der Waals surface area (Å²) in [4.78, 5) is 49.8. The summed E-state index contributed by atoms with van der Waals surface area (Å²) in [7, 11) is 0. The molecule has 8 heteroatoms. The van der Waals surface area contributed by atoms with Gasteiger partial charge in [0.05, 0.1) is 10.6 Å². The van der Waals surface area contributed by atoms with Crippen LogP contribution in [0.5, 0.6) is 0 Å². The van der Waals surface area contributed by atoms with Gasteiger partial charge in [-0.1, -0.05) is 51.8 Å². The molecule has 0 aliphatic heterocycles. The summed E-state index contributed by atoms with van der Waals surface area (Å²) in [5.74, 6) is -1.89. The lowest BCUT2D eigenvalue weighted by Gasteiger charge is -2.18. The molecule has 0 saturated heterocycles. The second-order valence-corrected chi connectivity index (χ2v) is 8.04. The van der Waals surface area contributed by atoms with Crippen LogP contribution < -0.4 is 5.32 Å². The average molecular weight is 499 g/mol. The number of nitrogens with one attached hydrogen (secondary N) is 1. The number of ether oxygens (including phenoxy) is 1. The fraction of sp³-hybridized carbons (Fsp3) is 0.0435. The van der Waals surface area contributed by atoms with Crippen LogP contribution in [0.3, 0.4) is 0 Å². The second-order valence-electron chi connectivity index (χ2n) is 6.71. The smallest absolute Gasteiger partial charge is 0.340 e. The molecule has 0 aromatic heterocycles. The molecule has 0 radical (unpaired) electrons. The molecule has 6 nitrogen and oxygen atoms in total. The first-order valence-corrected chi connectivity index (χ1v) is 10.3. The number of hydrogen-bond donors (Lipinski definition) is 1. The van der Waals surface area contributed by atoms with Gasteiger partial charge in [-0.2, -0.15) is 0 Å². The van der Waals surface area contributed by atoms with E-state index in [9.17, 15) is 19.2 Å². The molecule has 0 heterocycles. The fourth-order valence-corrected chi connectivity index (χ4v) is 3.79. The van der Waals surface area contributed by atoms with Crippen molar-refractivity contribution in [1.29, 1.82) is 0 Å². The van der Waals surface area contributed by atoms with Gasteiger partial charge in [-0.15, -0.1) is 0 Å². The van der Waals surface area contributed by atoms with Gasteiger partial charge in [-0.25, -0.2) is 4.79 Å². The Morgan fingerprint density at radius 1 is 0.871 bits per heavy atom. The number of carbonyl (C=O) groups excluding carboxylic acids is 4. The Morgan fingerprint density at radius 2 is 1.52 bits per heavy atom. The number of amides is 1. The molecule has 0 saturated carbocycles. The number of carbonyl (C=O) groups is 4. The third-order valence-corrected chi connectivity index (χ3v) is 5.51. The maximum absolute atomic E-state index is 12.8. The van der Waals surface area contributed by atoms with Crippen LogP contribution in [0.15, 0.2) is 65.1 Å². The number of benzene rings is 3. The lowest BCUT2D eigenvalue weighted by atomic mass is 9.84. The van der Waals surface area contributed by atoms with Crippen LogP contribution >= 0.6 is 27.5 Å². The summed E-state index contributed by atoms with van der Waals surface area (Å²) >= 11 is 9.22. The minimum atomic E-state index is -0.746. The normalized spacial score (nSPS) is 12.1. The van der Waals surface area contributed by atoms with E-state index in [0.29, 0.717) is 21.3 Å². The molecular formula is C23H13BrClNO5. The van der Waals surface area contributed by atoms with E-state index in [-0.39, 0.29) is 33.3 Å². The highest BCUT2D eigenvalue weighted by Crippen LogP contribution is 2.29. The number of rotatable bonds is 4. The van der Waals surface area contributed by atoms with Gasteiger partial charge in [-0.3, -0.25) is 14.4 Å². The Kier molecular flexibility index (Phi) is 5.71. The van der Waals surface area contributed by atoms with Crippen molar-refractivity contribution in [2.24, 2.45) is 0 Å². The SMILES string of the molecule is O=C(COC(=O)c1cc(Br)ccc1Cl)Nc1ccc2c(c1)C(=O)c1ccccc1C2=O. The zero-order chi connectivity index (χ0) is 22.1. The quantitative estimate of drug-likeness (QED) is 0.413. The summed E-state index contributed by atoms with van der Waals surface area (Å²) in [5.41, 5.74) is 1.59. The molecule has 1 aliphatic carbocycles. The zero-order valence-corrected chi connectivity index (χ0v) is 18.1. The third kappa shape index (κ3) is 4.15. The lowest BCUT2D eigenvalue weighted by Crippen LogP contribution is -2.23. The van der Waals surface area contributed by atoms with Crippen LogP contribution in [-0.2, 0) is 9.53 Å². The summed E-state index contributed by atoms with van der Waals surface area (Å²) in [6.45, 7) is -0.547. The van der Waals surface area contributed by atoms with E-state index in [1.165, 1.54) is 30.3 Å². The van der Waals surface area contributed by atoms with E-state index in [2.05, 4.69) is 21.2 Å². The number of fused-ring (bicyclic) bond motifs is 2. The highest BCUT2D eigenvalue weighted by Gasteiger charge is 2.29. The Labute approximate surface area is 190 Å². The molecule has 0 atom stereocenters. The van der Waals surface area contributed by atoms with E-state index in [4.69, 9.17) is 16.3 Å². The van der Waals surface area contributed by atoms with Crippen molar-refractivity contribution in [3.8, 4) is 0 Å². The average Bonchev–Trinajstić information content (AvgIpc) is 2.77. The minimum Gasteiger partial charge on any atom is -0.452 e. The number of halogens is 2. The van der Waals surface area contributed by atoms with Crippen molar-refractivity contribution >= 4 is 56.7 Å². The summed E-state index contributed by atoms with van der Waals surface area (Å²) in [6.07, 6.45) is 0. The number of hydrogen-bond acceptors (Lipinski definition) is 5. The standard InChI is InChI=1S/C23H13BrClNO5/c24-12-5-8-19(25)18(9-12)23(30)31-11-20(27)26-13-6-7-16-17(10-13)22(29)15-4-2-1-3-14(15)21(16)28/h1-10H,11H2,(H,26,27). The van der Waals surface area contributed by atoms with Gasteiger partial charge in [0, 0.05) is 32.4 Å². The number of esters is 1. The molecule has 1 N–H and O–H groups in total. The van der Waals surface area contributed by atoms with Gasteiger partial charge in [-0.05, 0) is 36.4 Å². The van der Waals surface area contributed by atoms with E-state index in [1.807, 2.05) is 0 Å². The van der Waals surface area contributed by atoms with Crippen LogP contribution in [0.1, 0.15) is 42.2 Å². The zero-order valence-electron chi connectivity index (χ0n) is 15.8. The van der Waals surface area contributed by atoms with Gasteiger partial charge in [0.2, 0.25) is 0 Å². The maximum Gasteiger partial charge on any atom is 0.340 e. The molecule has 3 aromatic rings. The Balaban J connectivity index is 1.46. The topological polar surface area (TPSA) is 89.5 Å². The largest absolute Gasteiger partial charge is 0.452 e. The predicted octanol–water partition coefficient (Wildman–Crippen LogP) is 4.67. The third-order valence-electron chi connectivity index (χ3n) is 4.69. The molecule has 1 amide bonds. The predicted molar refractivity (Wildman–Crippen MR) is 118 cm³/mol. The Morgan fingerprint density at radius 3 is 2.23 bits per heavy atom. The van der Waals surface area contributed by atoms with Crippen molar-refractivity contribution in [1.82, 2.24) is 0 Å². The summed E-state index contributed by atoms with van der Waals surface area (Å²) in [6, 6.07) is 15.7. The fourth-order valence-electron chi connectivity index (χ4n) is 3.24. The second kappa shape index (κ2) is 8.45. The lowest BCUT2D eigenvalue weighted by molar-refractivity contribution is -0.119. The summed E-state index contributed by atoms with van der Waals surface area (Å²) in [5, 5.41) is 2.76. The Bertz CT molecular complexity index is 1270. The molecule has 0 spiro atoms. The van der Waals surface area contributed by atoms with Gasteiger partial charge >= 0.3 is 5.97 Å². The first-order chi connectivity index (χ1) is 14.8. The molecule has 0 fully saturated rings. The van der Waals surface area contributed by atoms with Crippen molar-refractivity contribution in [3.63, 3.8) is 0 Å². The van der Waals surface area contributed by atoms with Crippen molar-refractivity contribution < 1.29 is 23.9 Å². The van der Waals surface area contributed by atoms with Gasteiger partial charge in [0.15, 0.2) is 18.2 Å². The highest BCUT2D eigenvalue weighted by molar-refractivity contribution is 9.10. The van der Waals surface area contributed by atoms with Crippen LogP contribution in [0.25, 0.3) is 0 Å². The van der Waals surface area contributed by atoms with Crippen molar-refractivity contribution in [3.05, 3.63) is 98.0 Å². The molecule has 3 aromatic carbocycles. The monoisotopic (exact) mass is 497 g/mol. The number of anilines is 1. The van der Waals surface area contributed by atoms with Crippen molar-refractivity contribution in [2.75, 3.05) is 11.9 Å². The van der Waals surface area contributed by atoms with Crippen LogP contribution in [0, 0.1) is 0 Å². The summed E-state index contributed by atoms with van der Waals surface area (Å²) < 4.78 is 5.66. The molecular weight excluding hydrogens is 486 g/mol. The Hall–Kier alpha value is -3.29. The minimum absolute atomic E-state index is 0.125. The molecule has 154 valence electrons. The highest BCUT2D eigenvalue weighted by atomic mass is 79.9. The van der Waals surface area contributed by atoms with Gasteiger partial charge in [0.25, 0.3) is 5.91 Å². The van der Waals surface area contributed by atoms with Crippen molar-refractivity contribution in [2.45, 2.75) is 0 Å². The van der Waals surface area contributed by atoms with E-state index < -0.39 is 18.5 Å². The molecule has 0 bridgehead atoms.